The number of ether oxygens (including phenoxy) is 4. The smallest absolute Gasteiger partial charge is 0.308 e. The van der Waals surface area contributed by atoms with E-state index < -0.39 is 18.0 Å². The summed E-state index contributed by atoms with van der Waals surface area (Å²) in [5, 5.41) is 2.66. The van der Waals surface area contributed by atoms with E-state index >= 15 is 0 Å². The van der Waals surface area contributed by atoms with Crippen LogP contribution >= 0.6 is 0 Å². The molecule has 0 aliphatic carbocycles. The van der Waals surface area contributed by atoms with Crippen LogP contribution in [0.25, 0.3) is 0 Å². The molecule has 0 bridgehead atoms. The van der Waals surface area contributed by atoms with Crippen molar-refractivity contribution in [2.24, 2.45) is 0 Å². The van der Waals surface area contributed by atoms with E-state index in [-0.39, 0.29) is 25.5 Å². The van der Waals surface area contributed by atoms with Crippen LogP contribution in [-0.4, -0.2) is 51.3 Å². The largest absolute Gasteiger partial charge is 0.497 e. The monoisotopic (exact) mass is 428 g/mol. The minimum atomic E-state index is -1.05. The fourth-order valence-electron chi connectivity index (χ4n) is 3.06. The lowest BCUT2D eigenvalue weighted by Gasteiger charge is -2.29. The molecule has 0 spiro atoms. The van der Waals surface area contributed by atoms with Gasteiger partial charge in [0.15, 0.2) is 12.7 Å². The summed E-state index contributed by atoms with van der Waals surface area (Å²) >= 11 is 0. The zero-order valence-electron chi connectivity index (χ0n) is 17.5. The van der Waals surface area contributed by atoms with Gasteiger partial charge >= 0.3 is 5.97 Å². The second kappa shape index (κ2) is 9.84. The van der Waals surface area contributed by atoms with Crippen molar-refractivity contribution in [3.8, 4) is 17.2 Å². The molecule has 9 heteroatoms. The molecule has 1 heterocycles. The van der Waals surface area contributed by atoms with Crippen LogP contribution in [0.1, 0.15) is 13.3 Å². The van der Waals surface area contributed by atoms with Crippen LogP contribution in [0, 0.1) is 0 Å². The summed E-state index contributed by atoms with van der Waals surface area (Å²) in [7, 11) is 2.99. The quantitative estimate of drug-likeness (QED) is 0.644. The van der Waals surface area contributed by atoms with Crippen molar-refractivity contribution in [2.45, 2.75) is 19.4 Å². The number of para-hydroxylation sites is 2. The second-order valence-electron chi connectivity index (χ2n) is 6.74. The first-order valence-electron chi connectivity index (χ1n) is 9.67. The van der Waals surface area contributed by atoms with Crippen LogP contribution < -0.4 is 24.4 Å². The van der Waals surface area contributed by atoms with E-state index in [9.17, 15) is 14.4 Å². The number of methoxy groups -OCH3 is 2. The molecule has 1 atom stereocenters. The van der Waals surface area contributed by atoms with Gasteiger partial charge in [0.05, 0.1) is 32.0 Å². The third kappa shape index (κ3) is 5.25. The van der Waals surface area contributed by atoms with Crippen molar-refractivity contribution < 1.29 is 33.3 Å². The second-order valence-corrected chi connectivity index (χ2v) is 6.74. The van der Waals surface area contributed by atoms with Gasteiger partial charge in [0.1, 0.15) is 17.2 Å². The molecule has 0 aromatic heterocycles. The summed E-state index contributed by atoms with van der Waals surface area (Å²) in [6.07, 6.45) is -1.11. The van der Waals surface area contributed by atoms with Gasteiger partial charge in [0, 0.05) is 12.6 Å². The van der Waals surface area contributed by atoms with Gasteiger partial charge in [-0.1, -0.05) is 12.1 Å². The lowest BCUT2D eigenvalue weighted by molar-refractivity contribution is -0.153. The summed E-state index contributed by atoms with van der Waals surface area (Å²) in [5.74, 6) is 0.191. The molecule has 1 aliphatic rings. The fourth-order valence-corrected chi connectivity index (χ4v) is 3.06. The van der Waals surface area contributed by atoms with Crippen molar-refractivity contribution in [3.63, 3.8) is 0 Å². The molecule has 0 fully saturated rings. The number of hydrogen-bond donors (Lipinski definition) is 1. The van der Waals surface area contributed by atoms with Crippen LogP contribution in [0.4, 0.5) is 11.4 Å². The molecule has 9 nitrogen and oxygen atoms in total. The Kier molecular flexibility index (Phi) is 6.96. The number of anilines is 2. The minimum absolute atomic E-state index is 0.0693. The molecule has 1 N–H and O–H groups in total. The molecular weight excluding hydrogens is 404 g/mol. The van der Waals surface area contributed by atoms with Crippen molar-refractivity contribution in [3.05, 3.63) is 42.5 Å². The molecule has 1 unspecified atom stereocenters. The Balaban J connectivity index is 1.56. The highest BCUT2D eigenvalue weighted by atomic mass is 16.5. The fraction of sp³-hybridized carbons (Fsp3) is 0.318. The van der Waals surface area contributed by atoms with E-state index in [0.717, 1.165) is 0 Å². The van der Waals surface area contributed by atoms with E-state index in [2.05, 4.69) is 5.32 Å². The number of amides is 2. The van der Waals surface area contributed by atoms with Crippen LogP contribution in [0.3, 0.4) is 0 Å². The Bertz CT molecular complexity index is 976. The third-order valence-corrected chi connectivity index (χ3v) is 4.69. The Morgan fingerprint density at radius 3 is 2.68 bits per heavy atom. The van der Waals surface area contributed by atoms with Gasteiger partial charge < -0.3 is 29.2 Å². The molecule has 164 valence electrons. The number of benzene rings is 2. The first kappa shape index (κ1) is 21.9. The van der Waals surface area contributed by atoms with Gasteiger partial charge in [-0.05, 0) is 31.2 Å². The van der Waals surface area contributed by atoms with E-state index in [1.807, 2.05) is 0 Å². The number of rotatable bonds is 8. The molecule has 2 amide bonds. The van der Waals surface area contributed by atoms with E-state index in [0.29, 0.717) is 28.6 Å². The molecule has 0 saturated carbocycles. The Labute approximate surface area is 179 Å². The predicted octanol–water partition coefficient (Wildman–Crippen LogP) is 2.39. The summed E-state index contributed by atoms with van der Waals surface area (Å²) in [6.45, 7) is 1.50. The molecule has 2 aromatic carbocycles. The number of hydrogen-bond acceptors (Lipinski definition) is 7. The molecule has 3 rings (SSSR count). The first-order chi connectivity index (χ1) is 14.9. The van der Waals surface area contributed by atoms with Crippen LogP contribution in [0.2, 0.25) is 0 Å². The molecular formula is C22H24N2O7. The van der Waals surface area contributed by atoms with Crippen LogP contribution in [0.15, 0.2) is 42.5 Å². The van der Waals surface area contributed by atoms with E-state index in [4.69, 9.17) is 18.9 Å². The third-order valence-electron chi connectivity index (χ3n) is 4.69. The Morgan fingerprint density at radius 2 is 1.94 bits per heavy atom. The topological polar surface area (TPSA) is 103 Å². The first-order valence-corrected chi connectivity index (χ1v) is 9.67. The van der Waals surface area contributed by atoms with Gasteiger partial charge in [-0.3, -0.25) is 14.4 Å². The van der Waals surface area contributed by atoms with Gasteiger partial charge in [0.25, 0.3) is 11.8 Å². The van der Waals surface area contributed by atoms with Gasteiger partial charge in [-0.25, -0.2) is 0 Å². The molecule has 2 aromatic rings. The number of fused-ring (bicyclic) bond motifs is 1. The molecule has 0 radical (unpaired) electrons. The summed E-state index contributed by atoms with van der Waals surface area (Å²) < 4.78 is 21.0. The SMILES string of the molecule is COc1ccc(OC)c(NC(=O)C(C)OC(=O)CCN2C(=O)COc3ccccc32)c1. The minimum Gasteiger partial charge on any atom is -0.497 e. The number of nitrogens with one attached hydrogen (secondary N) is 1. The van der Waals surface area contributed by atoms with Crippen molar-refractivity contribution >= 4 is 29.2 Å². The Hall–Kier alpha value is -3.75. The predicted molar refractivity (Wildman–Crippen MR) is 113 cm³/mol. The molecule has 31 heavy (non-hydrogen) atoms. The average Bonchev–Trinajstić information content (AvgIpc) is 2.78. The zero-order valence-corrected chi connectivity index (χ0v) is 17.5. The van der Waals surface area contributed by atoms with Gasteiger partial charge in [0.2, 0.25) is 0 Å². The lowest BCUT2D eigenvalue weighted by atomic mass is 10.2. The number of carbonyl (C=O) groups excluding carboxylic acids is 3. The highest BCUT2D eigenvalue weighted by Crippen LogP contribution is 2.31. The van der Waals surface area contributed by atoms with Crippen LogP contribution in [0.5, 0.6) is 17.2 Å². The number of esters is 1. The number of carbonyl (C=O) groups is 3. The van der Waals surface area contributed by atoms with Crippen LogP contribution in [-0.2, 0) is 19.1 Å². The van der Waals surface area contributed by atoms with Crippen molar-refractivity contribution in [2.75, 3.05) is 37.6 Å². The maximum absolute atomic E-state index is 12.5. The maximum Gasteiger partial charge on any atom is 0.308 e. The standard InChI is InChI=1S/C22H24N2O7/c1-14(22(27)23-16-12-15(28-2)8-9-18(16)29-3)31-21(26)10-11-24-17-6-4-5-7-19(17)30-13-20(24)25/h4-9,12,14H,10-11,13H2,1-3H3,(H,23,27). The maximum atomic E-state index is 12.5. The van der Waals surface area contributed by atoms with E-state index in [1.165, 1.54) is 26.0 Å². The van der Waals surface area contributed by atoms with Gasteiger partial charge in [-0.2, -0.15) is 0 Å². The lowest BCUT2D eigenvalue weighted by Crippen LogP contribution is -2.40. The summed E-state index contributed by atoms with van der Waals surface area (Å²) in [5.41, 5.74) is 0.993. The normalized spacial score (nSPS) is 13.5. The van der Waals surface area contributed by atoms with Crippen molar-refractivity contribution in [1.29, 1.82) is 0 Å². The molecule has 0 saturated heterocycles. The van der Waals surface area contributed by atoms with Crippen molar-refractivity contribution in [1.82, 2.24) is 0 Å². The Morgan fingerprint density at radius 1 is 1.16 bits per heavy atom. The average molecular weight is 428 g/mol. The zero-order chi connectivity index (χ0) is 22.4. The van der Waals surface area contributed by atoms with E-state index in [1.54, 1.807) is 42.5 Å². The molecule has 1 aliphatic heterocycles. The number of nitrogens with zero attached hydrogens (tertiary/aromatic N) is 1. The highest BCUT2D eigenvalue weighted by molar-refractivity contribution is 5.98. The summed E-state index contributed by atoms with van der Waals surface area (Å²) in [6, 6.07) is 12.0. The highest BCUT2D eigenvalue weighted by Gasteiger charge is 2.26. The summed E-state index contributed by atoms with van der Waals surface area (Å²) in [4.78, 5) is 38.4. The van der Waals surface area contributed by atoms with Gasteiger partial charge in [-0.15, -0.1) is 0 Å².